The van der Waals surface area contributed by atoms with Gasteiger partial charge in [-0.15, -0.1) is 0 Å². The molecule has 1 aromatic carbocycles. The Morgan fingerprint density at radius 3 is 2.90 bits per heavy atom. The van der Waals surface area contributed by atoms with Crippen LogP contribution >= 0.6 is 0 Å². The molecule has 0 heterocycles. The first-order valence-corrected chi connectivity index (χ1v) is 7.31. The lowest BCUT2D eigenvalue weighted by atomic mass is 9.79. The zero-order valence-electron chi connectivity index (χ0n) is 12.4. The first-order valence-electron chi connectivity index (χ1n) is 7.31. The number of ether oxygens (including phenoxy) is 1. The molecule has 1 aliphatic carbocycles. The predicted octanol–water partition coefficient (Wildman–Crippen LogP) is 2.43. The largest absolute Gasteiger partial charge is 0.507 e. The fourth-order valence-electron chi connectivity index (χ4n) is 3.04. The van der Waals surface area contributed by atoms with Crippen molar-refractivity contribution in [1.82, 2.24) is 5.32 Å². The van der Waals surface area contributed by atoms with Crippen molar-refractivity contribution < 1.29 is 14.9 Å². The number of hydrogen-bond donors (Lipinski definition) is 3. The molecule has 1 saturated carbocycles. The Balaban J connectivity index is 1.86. The van der Waals surface area contributed by atoms with Crippen molar-refractivity contribution in [2.24, 2.45) is 5.92 Å². The smallest absolute Gasteiger partial charge is 0.123 e. The average molecular weight is 279 g/mol. The van der Waals surface area contributed by atoms with E-state index >= 15 is 0 Å². The fourth-order valence-corrected chi connectivity index (χ4v) is 3.04. The van der Waals surface area contributed by atoms with Gasteiger partial charge in [0.25, 0.3) is 0 Å². The molecule has 20 heavy (non-hydrogen) atoms. The van der Waals surface area contributed by atoms with Gasteiger partial charge < -0.3 is 20.3 Å². The second-order valence-electron chi connectivity index (χ2n) is 6.02. The zero-order chi connectivity index (χ0) is 14.6. The maximum Gasteiger partial charge on any atom is 0.123 e. The molecular formula is C16H25NO3. The van der Waals surface area contributed by atoms with Gasteiger partial charge in [-0.05, 0) is 24.8 Å². The summed E-state index contributed by atoms with van der Waals surface area (Å²) in [6.45, 7) is 3.31. The van der Waals surface area contributed by atoms with Gasteiger partial charge >= 0.3 is 0 Å². The second-order valence-corrected chi connectivity index (χ2v) is 6.02. The van der Waals surface area contributed by atoms with E-state index < -0.39 is 5.60 Å². The van der Waals surface area contributed by atoms with E-state index in [1.54, 1.807) is 13.2 Å². The number of benzene rings is 1. The summed E-state index contributed by atoms with van der Waals surface area (Å²) in [7, 11) is 1.58. The average Bonchev–Trinajstić information content (AvgIpc) is 2.40. The minimum absolute atomic E-state index is 0.223. The standard InChI is InChI=1S/C16H25NO3/c1-12-4-3-7-16(19,9-12)11-17-10-13-5-6-14(20-2)8-15(13)18/h5-6,8,12,17-19H,3-4,7,9-11H2,1-2H3. The summed E-state index contributed by atoms with van der Waals surface area (Å²) >= 11 is 0. The first kappa shape index (κ1) is 15.1. The molecule has 0 radical (unpaired) electrons. The van der Waals surface area contributed by atoms with E-state index in [1.165, 1.54) is 6.42 Å². The fraction of sp³-hybridized carbons (Fsp3) is 0.625. The Morgan fingerprint density at radius 2 is 2.25 bits per heavy atom. The maximum absolute atomic E-state index is 10.5. The third-order valence-corrected chi connectivity index (χ3v) is 4.13. The maximum atomic E-state index is 10.5. The van der Waals surface area contributed by atoms with E-state index in [4.69, 9.17) is 4.74 Å². The molecule has 1 aliphatic rings. The number of rotatable bonds is 5. The summed E-state index contributed by atoms with van der Waals surface area (Å²) in [5, 5.41) is 23.7. The predicted molar refractivity (Wildman–Crippen MR) is 78.9 cm³/mol. The molecular weight excluding hydrogens is 254 g/mol. The van der Waals surface area contributed by atoms with E-state index in [1.807, 2.05) is 12.1 Å². The minimum Gasteiger partial charge on any atom is -0.507 e. The van der Waals surface area contributed by atoms with Gasteiger partial charge in [0.2, 0.25) is 0 Å². The second kappa shape index (κ2) is 6.46. The van der Waals surface area contributed by atoms with Crippen LogP contribution in [-0.2, 0) is 6.54 Å². The monoisotopic (exact) mass is 279 g/mol. The Hall–Kier alpha value is -1.26. The summed E-state index contributed by atoms with van der Waals surface area (Å²) in [5.41, 5.74) is 0.220. The molecule has 3 N–H and O–H groups in total. The Labute approximate surface area is 120 Å². The number of aromatic hydroxyl groups is 1. The van der Waals surface area contributed by atoms with Gasteiger partial charge in [0.1, 0.15) is 11.5 Å². The Morgan fingerprint density at radius 1 is 1.45 bits per heavy atom. The van der Waals surface area contributed by atoms with Crippen LogP contribution in [0.1, 0.15) is 38.2 Å². The van der Waals surface area contributed by atoms with Crippen LogP contribution in [0.25, 0.3) is 0 Å². The Bertz CT molecular complexity index is 449. The Kier molecular flexibility index (Phi) is 4.89. The summed E-state index contributed by atoms with van der Waals surface area (Å²) in [5.74, 6) is 1.46. The lowest BCUT2D eigenvalue weighted by Crippen LogP contribution is -2.43. The highest BCUT2D eigenvalue weighted by Gasteiger charge is 2.32. The highest BCUT2D eigenvalue weighted by Crippen LogP contribution is 2.31. The van der Waals surface area contributed by atoms with Crippen LogP contribution in [0.15, 0.2) is 18.2 Å². The molecule has 0 spiro atoms. The first-order chi connectivity index (χ1) is 9.52. The van der Waals surface area contributed by atoms with Crippen molar-refractivity contribution in [2.75, 3.05) is 13.7 Å². The molecule has 2 rings (SSSR count). The van der Waals surface area contributed by atoms with Crippen molar-refractivity contribution in [3.8, 4) is 11.5 Å². The highest BCUT2D eigenvalue weighted by molar-refractivity contribution is 5.39. The van der Waals surface area contributed by atoms with Crippen molar-refractivity contribution >= 4 is 0 Å². The van der Waals surface area contributed by atoms with Gasteiger partial charge in [-0.25, -0.2) is 0 Å². The van der Waals surface area contributed by atoms with Gasteiger partial charge in [-0.2, -0.15) is 0 Å². The summed E-state index contributed by atoms with van der Waals surface area (Å²) in [4.78, 5) is 0. The van der Waals surface area contributed by atoms with Gasteiger partial charge in [0.15, 0.2) is 0 Å². The van der Waals surface area contributed by atoms with E-state index in [0.29, 0.717) is 24.8 Å². The molecule has 0 saturated heterocycles. The van der Waals surface area contributed by atoms with Crippen molar-refractivity contribution in [1.29, 1.82) is 0 Å². The van der Waals surface area contributed by atoms with E-state index in [2.05, 4.69) is 12.2 Å². The van der Waals surface area contributed by atoms with Crippen LogP contribution in [0.2, 0.25) is 0 Å². The van der Waals surface area contributed by atoms with Crippen LogP contribution in [0.4, 0.5) is 0 Å². The molecule has 4 heteroatoms. The van der Waals surface area contributed by atoms with Crippen LogP contribution in [0.3, 0.4) is 0 Å². The summed E-state index contributed by atoms with van der Waals surface area (Å²) < 4.78 is 5.06. The highest BCUT2D eigenvalue weighted by atomic mass is 16.5. The lowest BCUT2D eigenvalue weighted by molar-refractivity contribution is -0.0119. The molecule has 0 amide bonds. The van der Waals surface area contributed by atoms with Crippen molar-refractivity contribution in [3.63, 3.8) is 0 Å². The summed E-state index contributed by atoms with van der Waals surface area (Å²) in [6, 6.07) is 5.28. The molecule has 4 nitrogen and oxygen atoms in total. The van der Waals surface area contributed by atoms with Gasteiger partial charge in [-0.1, -0.05) is 25.8 Å². The molecule has 112 valence electrons. The molecule has 1 fully saturated rings. The molecule has 1 aromatic rings. The number of methoxy groups -OCH3 is 1. The van der Waals surface area contributed by atoms with E-state index in [-0.39, 0.29) is 5.75 Å². The van der Waals surface area contributed by atoms with Gasteiger partial charge in [-0.3, -0.25) is 0 Å². The number of aliphatic hydroxyl groups is 1. The zero-order valence-corrected chi connectivity index (χ0v) is 12.4. The van der Waals surface area contributed by atoms with Crippen molar-refractivity contribution in [3.05, 3.63) is 23.8 Å². The molecule has 2 atom stereocenters. The normalized spacial score (nSPS) is 26.4. The number of phenols is 1. The van der Waals surface area contributed by atoms with Crippen LogP contribution in [0.5, 0.6) is 11.5 Å². The van der Waals surface area contributed by atoms with Crippen LogP contribution in [-0.4, -0.2) is 29.5 Å². The number of phenolic OH excluding ortho intramolecular Hbond substituents is 1. The lowest BCUT2D eigenvalue weighted by Gasteiger charge is -2.35. The van der Waals surface area contributed by atoms with Crippen LogP contribution < -0.4 is 10.1 Å². The minimum atomic E-state index is -0.597. The van der Waals surface area contributed by atoms with Gasteiger partial charge in [0, 0.05) is 24.7 Å². The number of nitrogens with one attached hydrogen (secondary N) is 1. The summed E-state index contributed by atoms with van der Waals surface area (Å²) in [6.07, 6.45) is 4.02. The third kappa shape index (κ3) is 3.87. The molecule has 0 bridgehead atoms. The van der Waals surface area contributed by atoms with Gasteiger partial charge in [0.05, 0.1) is 12.7 Å². The molecule has 0 aromatic heterocycles. The molecule has 0 aliphatic heterocycles. The van der Waals surface area contributed by atoms with Crippen molar-refractivity contribution in [2.45, 2.75) is 44.8 Å². The number of hydrogen-bond acceptors (Lipinski definition) is 4. The molecule has 2 unspecified atom stereocenters. The van der Waals surface area contributed by atoms with E-state index in [0.717, 1.165) is 24.8 Å². The van der Waals surface area contributed by atoms with Crippen LogP contribution in [0, 0.1) is 5.92 Å². The van der Waals surface area contributed by atoms with E-state index in [9.17, 15) is 10.2 Å². The SMILES string of the molecule is COc1ccc(CNCC2(O)CCCC(C)C2)c(O)c1. The topological polar surface area (TPSA) is 61.7 Å². The third-order valence-electron chi connectivity index (χ3n) is 4.13. The quantitative estimate of drug-likeness (QED) is 0.774.